The first kappa shape index (κ1) is 14.0. The molecule has 2 rings (SSSR count). The number of alkyl halides is 2. The number of ether oxygens (including phenoxy) is 1. The standard InChI is InChI=1S/C13H13F2N3O2/c14-13(15,10-4-2-1-3-5-10)9-20-12(19)8-18-7-11(16)6-17-18/h1-7H,8-9,16H2. The van der Waals surface area contributed by atoms with Crippen LogP contribution in [-0.4, -0.2) is 22.4 Å². The van der Waals surface area contributed by atoms with E-state index in [0.29, 0.717) is 5.69 Å². The Bertz CT molecular complexity index is 584. The molecule has 0 fully saturated rings. The Morgan fingerprint density at radius 1 is 1.35 bits per heavy atom. The number of benzene rings is 1. The van der Waals surface area contributed by atoms with E-state index in [1.807, 2.05) is 0 Å². The first-order chi connectivity index (χ1) is 9.47. The first-order valence-electron chi connectivity index (χ1n) is 5.84. The Labute approximate surface area is 114 Å². The van der Waals surface area contributed by atoms with Crippen molar-refractivity contribution in [3.63, 3.8) is 0 Å². The van der Waals surface area contributed by atoms with Gasteiger partial charge in [-0.2, -0.15) is 13.9 Å². The maximum absolute atomic E-state index is 13.7. The topological polar surface area (TPSA) is 70.1 Å². The van der Waals surface area contributed by atoms with Gasteiger partial charge in [0.05, 0.1) is 11.9 Å². The Morgan fingerprint density at radius 2 is 2.05 bits per heavy atom. The van der Waals surface area contributed by atoms with Crippen molar-refractivity contribution in [1.82, 2.24) is 9.78 Å². The molecule has 0 bridgehead atoms. The molecule has 0 aliphatic heterocycles. The van der Waals surface area contributed by atoms with E-state index in [2.05, 4.69) is 9.84 Å². The van der Waals surface area contributed by atoms with Gasteiger partial charge in [-0.25, -0.2) is 0 Å². The second kappa shape index (κ2) is 5.68. The number of nitrogen functional groups attached to an aromatic ring is 1. The third kappa shape index (κ3) is 3.53. The van der Waals surface area contributed by atoms with E-state index in [9.17, 15) is 13.6 Å². The number of carbonyl (C=O) groups excluding carboxylic acids is 1. The van der Waals surface area contributed by atoms with Crippen LogP contribution >= 0.6 is 0 Å². The van der Waals surface area contributed by atoms with Crippen LogP contribution in [0.15, 0.2) is 42.7 Å². The summed E-state index contributed by atoms with van der Waals surface area (Å²) in [7, 11) is 0. The molecule has 0 spiro atoms. The normalized spacial score (nSPS) is 11.3. The lowest BCUT2D eigenvalue weighted by molar-refractivity contribution is -0.157. The molecule has 1 aromatic heterocycles. The molecule has 0 amide bonds. The zero-order valence-electron chi connectivity index (χ0n) is 10.5. The Balaban J connectivity index is 1.89. The molecule has 0 aliphatic carbocycles. The fraction of sp³-hybridized carbons (Fsp3) is 0.231. The molecule has 0 unspecified atom stereocenters. The van der Waals surface area contributed by atoms with Crippen LogP contribution in [0.5, 0.6) is 0 Å². The van der Waals surface area contributed by atoms with Crippen LogP contribution in [0, 0.1) is 0 Å². The van der Waals surface area contributed by atoms with Gasteiger partial charge in [0.25, 0.3) is 0 Å². The fourth-order valence-electron chi connectivity index (χ4n) is 1.58. The monoisotopic (exact) mass is 281 g/mol. The van der Waals surface area contributed by atoms with Crippen molar-refractivity contribution in [2.45, 2.75) is 12.5 Å². The number of rotatable bonds is 5. The van der Waals surface area contributed by atoms with E-state index in [4.69, 9.17) is 5.73 Å². The number of halogens is 2. The molecule has 0 atom stereocenters. The Kier molecular flexibility index (Phi) is 3.97. The summed E-state index contributed by atoms with van der Waals surface area (Å²) in [4.78, 5) is 11.4. The third-order valence-corrected chi connectivity index (χ3v) is 2.55. The summed E-state index contributed by atoms with van der Waals surface area (Å²) in [6.07, 6.45) is 2.77. The van der Waals surface area contributed by atoms with Gasteiger partial charge in [-0.3, -0.25) is 9.48 Å². The molecule has 0 saturated carbocycles. The van der Waals surface area contributed by atoms with Crippen molar-refractivity contribution in [2.24, 2.45) is 0 Å². The van der Waals surface area contributed by atoms with Crippen LogP contribution < -0.4 is 5.73 Å². The quantitative estimate of drug-likeness (QED) is 0.848. The molecular weight excluding hydrogens is 268 g/mol. The third-order valence-electron chi connectivity index (χ3n) is 2.55. The van der Waals surface area contributed by atoms with Crippen molar-refractivity contribution in [3.8, 4) is 0 Å². The van der Waals surface area contributed by atoms with Gasteiger partial charge in [-0.1, -0.05) is 30.3 Å². The predicted molar refractivity (Wildman–Crippen MR) is 67.9 cm³/mol. The summed E-state index contributed by atoms with van der Waals surface area (Å²) in [5.74, 6) is -4.02. The van der Waals surface area contributed by atoms with E-state index in [0.717, 1.165) is 0 Å². The van der Waals surface area contributed by atoms with Gasteiger partial charge in [0.2, 0.25) is 0 Å². The zero-order valence-corrected chi connectivity index (χ0v) is 10.5. The van der Waals surface area contributed by atoms with Gasteiger partial charge in [-0.15, -0.1) is 0 Å². The van der Waals surface area contributed by atoms with Gasteiger partial charge < -0.3 is 10.5 Å². The highest BCUT2D eigenvalue weighted by Crippen LogP contribution is 2.27. The van der Waals surface area contributed by atoms with Crippen molar-refractivity contribution in [3.05, 3.63) is 48.3 Å². The molecule has 0 radical (unpaired) electrons. The van der Waals surface area contributed by atoms with E-state index in [-0.39, 0.29) is 12.1 Å². The number of anilines is 1. The molecule has 106 valence electrons. The molecule has 0 aliphatic rings. The number of esters is 1. The Hall–Kier alpha value is -2.44. The van der Waals surface area contributed by atoms with Crippen LogP contribution in [0.4, 0.5) is 14.5 Å². The number of hydrogen-bond donors (Lipinski definition) is 1. The number of aromatic nitrogens is 2. The summed E-state index contributed by atoms with van der Waals surface area (Å²) in [6.45, 7) is -1.27. The van der Waals surface area contributed by atoms with Crippen LogP contribution in [0.1, 0.15) is 5.56 Å². The highest BCUT2D eigenvalue weighted by Gasteiger charge is 2.33. The minimum atomic E-state index is -3.22. The van der Waals surface area contributed by atoms with Crippen molar-refractivity contribution in [2.75, 3.05) is 12.3 Å². The minimum absolute atomic E-state index is 0.198. The van der Waals surface area contributed by atoms with E-state index in [1.54, 1.807) is 6.07 Å². The molecule has 2 N–H and O–H groups in total. The molecule has 1 aromatic carbocycles. The fourth-order valence-corrected chi connectivity index (χ4v) is 1.58. The molecule has 20 heavy (non-hydrogen) atoms. The van der Waals surface area contributed by atoms with Crippen molar-refractivity contribution >= 4 is 11.7 Å². The lowest BCUT2D eigenvalue weighted by Crippen LogP contribution is -2.25. The van der Waals surface area contributed by atoms with Crippen LogP contribution in [0.25, 0.3) is 0 Å². The Morgan fingerprint density at radius 3 is 2.65 bits per heavy atom. The summed E-state index contributed by atoms with van der Waals surface area (Å²) in [5, 5.41) is 3.76. The van der Waals surface area contributed by atoms with Crippen LogP contribution in [-0.2, 0) is 22.0 Å². The van der Waals surface area contributed by atoms with Gasteiger partial charge in [0, 0.05) is 11.8 Å². The summed E-state index contributed by atoms with van der Waals surface area (Å²) < 4.78 is 33.3. The lowest BCUT2D eigenvalue weighted by Gasteiger charge is -2.16. The van der Waals surface area contributed by atoms with E-state index in [1.165, 1.54) is 41.3 Å². The van der Waals surface area contributed by atoms with Gasteiger partial charge in [0.15, 0.2) is 6.61 Å². The van der Waals surface area contributed by atoms with Crippen molar-refractivity contribution < 1.29 is 18.3 Å². The number of carbonyl (C=O) groups is 1. The maximum Gasteiger partial charge on any atom is 0.327 e. The largest absolute Gasteiger partial charge is 0.457 e. The number of nitrogens with zero attached hydrogens (tertiary/aromatic N) is 2. The molecule has 5 nitrogen and oxygen atoms in total. The van der Waals surface area contributed by atoms with Gasteiger partial charge >= 0.3 is 11.9 Å². The molecule has 1 heterocycles. The highest BCUT2D eigenvalue weighted by molar-refractivity contribution is 5.69. The van der Waals surface area contributed by atoms with Gasteiger partial charge in [-0.05, 0) is 0 Å². The van der Waals surface area contributed by atoms with Gasteiger partial charge in [0.1, 0.15) is 6.54 Å². The van der Waals surface area contributed by atoms with E-state index >= 15 is 0 Å². The summed E-state index contributed by atoms with van der Waals surface area (Å²) in [6, 6.07) is 7.19. The maximum atomic E-state index is 13.7. The number of nitrogens with two attached hydrogens (primary N) is 1. The first-order valence-corrected chi connectivity index (χ1v) is 5.84. The smallest absolute Gasteiger partial charge is 0.327 e. The van der Waals surface area contributed by atoms with Crippen molar-refractivity contribution in [1.29, 1.82) is 0 Å². The summed E-state index contributed by atoms with van der Waals surface area (Å²) >= 11 is 0. The second-order valence-corrected chi connectivity index (χ2v) is 4.20. The minimum Gasteiger partial charge on any atom is -0.457 e. The average Bonchev–Trinajstić information content (AvgIpc) is 2.83. The molecular formula is C13H13F2N3O2. The second-order valence-electron chi connectivity index (χ2n) is 4.20. The predicted octanol–water partition coefficient (Wildman–Crippen LogP) is 1.80. The average molecular weight is 281 g/mol. The van der Waals surface area contributed by atoms with Crippen LogP contribution in [0.2, 0.25) is 0 Å². The molecule has 7 heteroatoms. The highest BCUT2D eigenvalue weighted by atomic mass is 19.3. The zero-order chi connectivity index (χ0) is 14.6. The summed E-state index contributed by atoms with van der Waals surface area (Å²) in [5.41, 5.74) is 5.60. The molecule has 2 aromatic rings. The lowest BCUT2D eigenvalue weighted by atomic mass is 10.1. The SMILES string of the molecule is Nc1cnn(CC(=O)OCC(F)(F)c2ccccc2)c1. The van der Waals surface area contributed by atoms with E-state index < -0.39 is 18.5 Å². The van der Waals surface area contributed by atoms with Crippen LogP contribution in [0.3, 0.4) is 0 Å². The number of hydrogen-bond acceptors (Lipinski definition) is 4. The molecule has 0 saturated heterocycles.